The number of fused-ring (bicyclic) bond motifs is 3. The molecule has 3 aliphatic heterocycles. The molecule has 2 aromatic carbocycles. The van der Waals surface area contributed by atoms with E-state index >= 15 is 0 Å². The third-order valence-corrected chi connectivity index (χ3v) is 7.26. The van der Waals surface area contributed by atoms with E-state index in [1.165, 1.54) is 30.7 Å². The summed E-state index contributed by atoms with van der Waals surface area (Å²) >= 11 is 3.64. The third-order valence-electron chi connectivity index (χ3n) is 6.90. The Bertz CT molecular complexity index is 651. The van der Waals surface area contributed by atoms with E-state index in [1.54, 1.807) is 0 Å². The van der Waals surface area contributed by atoms with Gasteiger partial charge in [0.25, 0.3) is 0 Å². The first kappa shape index (κ1) is 17.3. The topological polar surface area (TPSA) is 20.2 Å². The second-order valence-corrected chi connectivity index (χ2v) is 8.69. The number of hydrogen-bond acceptors (Lipinski definition) is 1. The van der Waals surface area contributed by atoms with Crippen molar-refractivity contribution in [2.75, 3.05) is 31.5 Å². The third kappa shape index (κ3) is 2.68. The zero-order valence-electron chi connectivity index (χ0n) is 14.7. The lowest BCUT2D eigenvalue weighted by molar-refractivity contribution is -0.944. The van der Waals surface area contributed by atoms with Gasteiger partial charge in [-0.25, -0.2) is 0 Å². The number of piperidine rings is 3. The fraction of sp³-hybridized carbons (Fsp3) is 0.455. The summed E-state index contributed by atoms with van der Waals surface area (Å²) in [6, 6.07) is 20.7. The van der Waals surface area contributed by atoms with E-state index in [1.807, 2.05) is 12.1 Å². The van der Waals surface area contributed by atoms with Crippen molar-refractivity contribution in [2.45, 2.75) is 24.9 Å². The fourth-order valence-electron chi connectivity index (χ4n) is 5.26. The van der Waals surface area contributed by atoms with E-state index in [4.69, 9.17) is 0 Å². The van der Waals surface area contributed by atoms with Crippen LogP contribution in [0.25, 0.3) is 0 Å². The van der Waals surface area contributed by atoms with E-state index in [-0.39, 0.29) is 5.41 Å². The van der Waals surface area contributed by atoms with Crippen molar-refractivity contribution >= 4 is 15.9 Å². The summed E-state index contributed by atoms with van der Waals surface area (Å²) < 4.78 is 1.23. The molecule has 5 rings (SSSR count). The maximum absolute atomic E-state index is 12.3. The highest BCUT2D eigenvalue weighted by Gasteiger charge is 2.60. The zero-order valence-corrected chi connectivity index (χ0v) is 16.3. The molecule has 0 spiro atoms. The van der Waals surface area contributed by atoms with Gasteiger partial charge < -0.3 is 9.59 Å². The highest BCUT2D eigenvalue weighted by atomic mass is 79.9. The van der Waals surface area contributed by atoms with Gasteiger partial charge in [-0.1, -0.05) is 76.6 Å². The van der Waals surface area contributed by atoms with Gasteiger partial charge in [0.05, 0.1) is 31.5 Å². The number of benzene rings is 2. The second kappa shape index (κ2) is 6.53. The number of quaternary nitrogens is 1. The van der Waals surface area contributed by atoms with Crippen molar-refractivity contribution in [2.24, 2.45) is 5.41 Å². The van der Waals surface area contributed by atoms with Gasteiger partial charge in [0.15, 0.2) is 0 Å². The molecule has 0 saturated carbocycles. The quantitative estimate of drug-likeness (QED) is 0.585. The van der Waals surface area contributed by atoms with E-state index in [0.717, 1.165) is 35.7 Å². The Balaban J connectivity index is 1.79. The van der Waals surface area contributed by atoms with Crippen LogP contribution in [0.4, 0.5) is 0 Å². The predicted octanol–water partition coefficient (Wildman–Crippen LogP) is 4.32. The van der Waals surface area contributed by atoms with Crippen LogP contribution in [0, 0.1) is 5.41 Å². The molecule has 2 bridgehead atoms. The number of rotatable bonds is 5. The minimum Gasteiger partial charge on any atom is -0.380 e. The van der Waals surface area contributed by atoms with Crippen molar-refractivity contribution < 1.29 is 9.59 Å². The Morgan fingerprint density at radius 2 is 1.28 bits per heavy atom. The molecule has 3 fully saturated rings. The summed E-state index contributed by atoms with van der Waals surface area (Å²) in [5, 5.41) is 13.3. The average Bonchev–Trinajstić information content (AvgIpc) is 2.70. The van der Waals surface area contributed by atoms with Gasteiger partial charge in [-0.05, 0) is 11.1 Å². The first-order chi connectivity index (χ1) is 12.1. The zero-order chi connectivity index (χ0) is 17.4. The Kier molecular flexibility index (Phi) is 4.51. The maximum Gasteiger partial charge on any atom is 0.121 e. The molecule has 0 radical (unpaired) electrons. The number of alkyl halides is 1. The molecule has 0 aromatic heterocycles. The minimum atomic E-state index is -0.902. The van der Waals surface area contributed by atoms with Gasteiger partial charge in [0, 0.05) is 24.7 Å². The molecule has 3 aliphatic rings. The maximum atomic E-state index is 12.3. The molecule has 0 unspecified atom stereocenters. The van der Waals surface area contributed by atoms with Crippen molar-refractivity contribution in [3.63, 3.8) is 0 Å². The van der Waals surface area contributed by atoms with Crippen LogP contribution in [0.5, 0.6) is 0 Å². The van der Waals surface area contributed by atoms with Gasteiger partial charge in [-0.2, -0.15) is 0 Å². The predicted molar refractivity (Wildman–Crippen MR) is 106 cm³/mol. The van der Waals surface area contributed by atoms with Crippen LogP contribution in [0.2, 0.25) is 0 Å². The summed E-state index contributed by atoms with van der Waals surface area (Å²) in [5.41, 5.74) is 1.13. The van der Waals surface area contributed by atoms with Gasteiger partial charge in [-0.15, -0.1) is 0 Å². The molecule has 0 atom stereocenters. The first-order valence-electron chi connectivity index (χ1n) is 9.39. The van der Waals surface area contributed by atoms with Crippen LogP contribution in [-0.4, -0.2) is 41.1 Å². The molecule has 2 aromatic rings. The van der Waals surface area contributed by atoms with Crippen molar-refractivity contribution in [1.29, 1.82) is 0 Å². The number of aliphatic hydroxyl groups is 1. The lowest BCUT2D eigenvalue weighted by Gasteiger charge is -2.60. The number of nitrogens with zero attached hydrogens (tertiary/aromatic N) is 1. The van der Waals surface area contributed by atoms with Crippen LogP contribution >= 0.6 is 15.9 Å². The molecule has 132 valence electrons. The summed E-state index contributed by atoms with van der Waals surface area (Å²) in [6.07, 6.45) is 3.29. The van der Waals surface area contributed by atoms with Crippen molar-refractivity contribution in [3.8, 4) is 0 Å². The van der Waals surface area contributed by atoms with E-state index < -0.39 is 5.60 Å². The van der Waals surface area contributed by atoms with E-state index in [0.29, 0.717) is 0 Å². The molecule has 0 amide bonds. The number of halogens is 1. The molecule has 1 N–H and O–H groups in total. The van der Waals surface area contributed by atoms with Crippen LogP contribution in [0.15, 0.2) is 60.7 Å². The minimum absolute atomic E-state index is 0.0536. The highest BCUT2D eigenvalue weighted by molar-refractivity contribution is 9.09. The normalized spacial score (nSPS) is 28.9. The van der Waals surface area contributed by atoms with Crippen molar-refractivity contribution in [3.05, 3.63) is 71.8 Å². The first-order valence-corrected chi connectivity index (χ1v) is 10.5. The van der Waals surface area contributed by atoms with E-state index in [2.05, 4.69) is 64.5 Å². The Morgan fingerprint density at radius 1 is 0.840 bits per heavy atom. The molecule has 0 aliphatic carbocycles. The van der Waals surface area contributed by atoms with Crippen LogP contribution in [0.3, 0.4) is 0 Å². The monoisotopic (exact) mass is 400 g/mol. The van der Waals surface area contributed by atoms with Gasteiger partial charge in [-0.3, -0.25) is 0 Å². The Hall–Kier alpha value is -1.16. The average molecular weight is 401 g/mol. The number of hydrogen-bond donors (Lipinski definition) is 1. The molecule has 3 heteroatoms. The largest absolute Gasteiger partial charge is 0.380 e. The van der Waals surface area contributed by atoms with Gasteiger partial charge >= 0.3 is 0 Å². The van der Waals surface area contributed by atoms with Gasteiger partial charge in [0.2, 0.25) is 0 Å². The standard InChI is InChI=1S/C22H27BrNO/c23-14-18-24-15-11-21(12-16-24,13-17-24)22(25,19-7-3-1-4-8-19)20-9-5-2-6-10-20/h1-10,25H,11-18H2/q+1. The molecule has 2 nitrogen and oxygen atoms in total. The molecule has 3 heterocycles. The second-order valence-electron chi connectivity index (χ2n) is 7.90. The summed E-state index contributed by atoms with van der Waals surface area (Å²) in [6.45, 7) is 4.78. The molecule has 25 heavy (non-hydrogen) atoms. The van der Waals surface area contributed by atoms with Crippen LogP contribution in [0.1, 0.15) is 30.4 Å². The molecular weight excluding hydrogens is 374 g/mol. The lowest BCUT2D eigenvalue weighted by Crippen LogP contribution is -2.67. The SMILES string of the molecule is OC(c1ccccc1)(c1ccccc1)C12CC[N+](CCBr)(CC1)CC2. The van der Waals surface area contributed by atoms with Crippen LogP contribution in [-0.2, 0) is 5.60 Å². The molecule has 3 saturated heterocycles. The molecular formula is C22H27BrNO+. The van der Waals surface area contributed by atoms with Crippen LogP contribution < -0.4 is 0 Å². The van der Waals surface area contributed by atoms with Gasteiger partial charge in [0.1, 0.15) is 5.60 Å². The summed E-state index contributed by atoms with van der Waals surface area (Å²) in [5.74, 6) is 0. The van der Waals surface area contributed by atoms with Crippen molar-refractivity contribution in [1.82, 2.24) is 0 Å². The smallest absolute Gasteiger partial charge is 0.121 e. The lowest BCUT2D eigenvalue weighted by atomic mass is 9.56. The fourth-order valence-corrected chi connectivity index (χ4v) is 6.01. The summed E-state index contributed by atoms with van der Waals surface area (Å²) in [4.78, 5) is 0. The highest BCUT2D eigenvalue weighted by Crippen LogP contribution is 2.57. The Labute approximate surface area is 159 Å². The Morgan fingerprint density at radius 3 is 1.68 bits per heavy atom. The summed E-state index contributed by atoms with van der Waals surface area (Å²) in [7, 11) is 0. The van der Waals surface area contributed by atoms with E-state index in [9.17, 15) is 5.11 Å².